The van der Waals surface area contributed by atoms with Crippen LogP contribution in [0, 0.1) is 10.1 Å². The summed E-state index contributed by atoms with van der Waals surface area (Å²) in [5, 5.41) is 10.7. The van der Waals surface area contributed by atoms with Gasteiger partial charge < -0.3 is 4.42 Å². The Morgan fingerprint density at radius 1 is 1.50 bits per heavy atom. The number of aromatic nitrogens is 2. The van der Waals surface area contributed by atoms with Gasteiger partial charge in [0.25, 0.3) is 5.56 Å². The Morgan fingerprint density at radius 2 is 2.20 bits per heavy atom. The van der Waals surface area contributed by atoms with Crippen LogP contribution in [0.25, 0.3) is 0 Å². The Hall–Kier alpha value is -2.15. The summed E-state index contributed by atoms with van der Waals surface area (Å²) in [6.07, 6.45) is 0. The van der Waals surface area contributed by atoms with Gasteiger partial charge in [-0.25, -0.2) is 4.98 Å². The van der Waals surface area contributed by atoms with Crippen LogP contribution in [0.4, 0.5) is 5.88 Å². The lowest BCUT2D eigenvalue weighted by molar-refractivity contribution is -0.402. The molecule has 0 spiro atoms. The molecule has 0 unspecified atom stereocenters. The molecule has 0 N–H and O–H groups in total. The van der Waals surface area contributed by atoms with Gasteiger partial charge in [-0.3, -0.25) is 19.5 Å². The summed E-state index contributed by atoms with van der Waals surface area (Å²) in [6.45, 7) is 3.82. The first-order chi connectivity index (χ1) is 9.38. The van der Waals surface area contributed by atoms with Gasteiger partial charge in [0.15, 0.2) is 0 Å². The Kier molecular flexibility index (Phi) is 3.89. The molecule has 20 heavy (non-hydrogen) atoms. The van der Waals surface area contributed by atoms with Crippen molar-refractivity contribution in [3.63, 3.8) is 0 Å². The maximum atomic E-state index is 12.0. The average molecular weight is 298 g/mol. The summed E-state index contributed by atoms with van der Waals surface area (Å²) in [5.74, 6) is 0.429. The lowest BCUT2D eigenvalue weighted by Gasteiger charge is -2.13. The van der Waals surface area contributed by atoms with Crippen molar-refractivity contribution in [1.82, 2.24) is 9.55 Å². The molecule has 0 saturated carbocycles. The second-order valence-electron chi connectivity index (χ2n) is 4.51. The second-order valence-corrected chi connectivity index (χ2v) is 4.90. The minimum atomic E-state index is -0.629. The summed E-state index contributed by atoms with van der Waals surface area (Å²) in [7, 11) is 0. The maximum absolute atomic E-state index is 12.0. The molecule has 2 heterocycles. The van der Waals surface area contributed by atoms with E-state index in [4.69, 9.17) is 16.0 Å². The van der Waals surface area contributed by atoms with E-state index >= 15 is 0 Å². The van der Waals surface area contributed by atoms with Crippen LogP contribution in [0.5, 0.6) is 0 Å². The normalized spacial score (nSPS) is 11.0. The number of furan rings is 1. The summed E-state index contributed by atoms with van der Waals surface area (Å²) >= 11 is 5.78. The monoisotopic (exact) mass is 297 g/mol. The van der Waals surface area contributed by atoms with Gasteiger partial charge in [-0.15, -0.1) is 0 Å². The topological polar surface area (TPSA) is 91.2 Å². The van der Waals surface area contributed by atoms with Gasteiger partial charge >= 0.3 is 5.88 Å². The van der Waals surface area contributed by atoms with Crippen molar-refractivity contribution in [2.75, 3.05) is 0 Å². The molecular weight excluding hydrogens is 286 g/mol. The highest BCUT2D eigenvalue weighted by Gasteiger charge is 2.16. The third-order valence-corrected chi connectivity index (χ3v) is 2.86. The van der Waals surface area contributed by atoms with E-state index in [0.717, 1.165) is 0 Å². The van der Waals surface area contributed by atoms with Crippen LogP contribution in [-0.2, 0) is 6.54 Å². The molecule has 0 fully saturated rings. The van der Waals surface area contributed by atoms with E-state index in [0.29, 0.717) is 11.6 Å². The van der Waals surface area contributed by atoms with E-state index in [2.05, 4.69) is 4.98 Å². The molecule has 0 aliphatic rings. The largest absolute Gasteiger partial charge is 0.433 e. The lowest BCUT2D eigenvalue weighted by atomic mass is 10.2. The Morgan fingerprint density at radius 3 is 2.75 bits per heavy atom. The molecule has 2 aromatic rings. The molecule has 0 atom stereocenters. The molecule has 0 aliphatic carbocycles. The van der Waals surface area contributed by atoms with Crippen LogP contribution in [0.1, 0.15) is 31.4 Å². The molecule has 0 saturated heterocycles. The van der Waals surface area contributed by atoms with Crippen LogP contribution in [0.2, 0.25) is 5.15 Å². The molecule has 2 aromatic heterocycles. The van der Waals surface area contributed by atoms with Gasteiger partial charge in [-0.1, -0.05) is 25.4 Å². The van der Waals surface area contributed by atoms with Crippen LogP contribution in [0.3, 0.4) is 0 Å². The van der Waals surface area contributed by atoms with E-state index < -0.39 is 4.92 Å². The number of hydrogen-bond donors (Lipinski definition) is 0. The van der Waals surface area contributed by atoms with Crippen molar-refractivity contribution in [3.05, 3.63) is 55.4 Å². The number of nitro groups is 1. The Bertz CT molecular complexity index is 705. The van der Waals surface area contributed by atoms with Crippen molar-refractivity contribution in [3.8, 4) is 0 Å². The fourth-order valence-electron chi connectivity index (χ4n) is 1.80. The Labute approximate surface area is 119 Å². The molecular formula is C12H12ClN3O4. The molecule has 0 aliphatic heterocycles. The van der Waals surface area contributed by atoms with Crippen molar-refractivity contribution in [2.45, 2.75) is 26.3 Å². The highest BCUT2D eigenvalue weighted by atomic mass is 35.5. The van der Waals surface area contributed by atoms with E-state index in [1.165, 1.54) is 22.8 Å². The third kappa shape index (κ3) is 2.88. The standard InChI is InChI=1S/C12H12ClN3O4/c1-7(2)12-14-9(13)5-10(17)15(12)6-8-3-4-11(20-8)16(18)19/h3-5,7H,6H2,1-2H3. The predicted octanol–water partition coefficient (Wildman–Crippen LogP) is 2.57. The second kappa shape index (κ2) is 5.46. The lowest BCUT2D eigenvalue weighted by Crippen LogP contribution is -2.25. The summed E-state index contributed by atoms with van der Waals surface area (Å²) in [6, 6.07) is 3.91. The molecule has 0 radical (unpaired) electrons. The smallest absolute Gasteiger partial charge is 0.404 e. The summed E-state index contributed by atoms with van der Waals surface area (Å²) in [4.78, 5) is 26.0. The fourth-order valence-corrected chi connectivity index (χ4v) is 1.98. The van der Waals surface area contributed by atoms with Gasteiger partial charge in [-0.2, -0.15) is 0 Å². The van der Waals surface area contributed by atoms with Crippen LogP contribution in [-0.4, -0.2) is 14.5 Å². The van der Waals surface area contributed by atoms with Crippen LogP contribution < -0.4 is 5.56 Å². The van der Waals surface area contributed by atoms with E-state index in [9.17, 15) is 14.9 Å². The highest BCUT2D eigenvalue weighted by Crippen LogP contribution is 2.18. The zero-order chi connectivity index (χ0) is 14.9. The number of rotatable bonds is 4. The van der Waals surface area contributed by atoms with Gasteiger partial charge in [0.1, 0.15) is 21.7 Å². The van der Waals surface area contributed by atoms with Crippen molar-refractivity contribution < 1.29 is 9.34 Å². The first-order valence-corrected chi connectivity index (χ1v) is 6.26. The first-order valence-electron chi connectivity index (χ1n) is 5.89. The fraction of sp³-hybridized carbons (Fsp3) is 0.333. The Balaban J connectivity index is 2.42. The SMILES string of the molecule is CC(C)c1nc(Cl)cc(=O)n1Cc1ccc([N+](=O)[O-])o1. The van der Waals surface area contributed by atoms with Gasteiger partial charge in [-0.05, 0) is 6.07 Å². The minimum Gasteiger partial charge on any atom is -0.404 e. The third-order valence-electron chi connectivity index (χ3n) is 2.66. The minimum absolute atomic E-state index is 0.0219. The molecule has 8 heteroatoms. The van der Waals surface area contributed by atoms with Crippen molar-refractivity contribution in [2.24, 2.45) is 0 Å². The average Bonchev–Trinajstić information content (AvgIpc) is 2.80. The number of nitrogens with zero attached hydrogens (tertiary/aromatic N) is 3. The zero-order valence-electron chi connectivity index (χ0n) is 10.9. The van der Waals surface area contributed by atoms with Crippen LogP contribution >= 0.6 is 11.6 Å². The summed E-state index contributed by atoms with van der Waals surface area (Å²) in [5.41, 5.74) is -0.326. The van der Waals surface area contributed by atoms with Crippen molar-refractivity contribution >= 4 is 17.5 Å². The highest BCUT2D eigenvalue weighted by molar-refractivity contribution is 6.29. The first kappa shape index (κ1) is 14.3. The predicted molar refractivity (Wildman–Crippen MR) is 72.1 cm³/mol. The molecule has 0 amide bonds. The van der Waals surface area contributed by atoms with Gasteiger partial charge in [0.05, 0.1) is 12.6 Å². The molecule has 0 aromatic carbocycles. The number of halogens is 1. The molecule has 2 rings (SSSR count). The molecule has 7 nitrogen and oxygen atoms in total. The van der Waals surface area contributed by atoms with Crippen molar-refractivity contribution in [1.29, 1.82) is 0 Å². The number of hydrogen-bond acceptors (Lipinski definition) is 5. The molecule has 106 valence electrons. The van der Waals surface area contributed by atoms with E-state index in [1.54, 1.807) is 0 Å². The van der Waals surface area contributed by atoms with Gasteiger partial charge in [0.2, 0.25) is 0 Å². The van der Waals surface area contributed by atoms with E-state index in [-0.39, 0.29) is 29.1 Å². The maximum Gasteiger partial charge on any atom is 0.433 e. The zero-order valence-corrected chi connectivity index (χ0v) is 11.6. The summed E-state index contributed by atoms with van der Waals surface area (Å²) < 4.78 is 6.44. The molecule has 0 bridgehead atoms. The van der Waals surface area contributed by atoms with E-state index in [1.807, 2.05) is 13.8 Å². The quantitative estimate of drug-likeness (QED) is 0.491. The van der Waals surface area contributed by atoms with Gasteiger partial charge in [0, 0.05) is 12.0 Å². The van der Waals surface area contributed by atoms with Crippen LogP contribution in [0.15, 0.2) is 27.4 Å².